The molecular weight excluding hydrogens is 330 g/mol. The number of benzene rings is 2. The fraction of sp³-hybridized carbons (Fsp3) is 0.0833. The molecule has 0 spiro atoms. The predicted molar refractivity (Wildman–Crippen MR) is 112 cm³/mol. The van der Waals surface area contributed by atoms with E-state index in [0.29, 0.717) is 0 Å². The summed E-state index contributed by atoms with van der Waals surface area (Å²) in [5.41, 5.74) is 7.46. The molecule has 0 aliphatic rings. The molecule has 0 atom stereocenters. The van der Waals surface area contributed by atoms with E-state index in [9.17, 15) is 0 Å². The van der Waals surface area contributed by atoms with Crippen molar-refractivity contribution in [3.05, 3.63) is 84.7 Å². The molecule has 3 nitrogen and oxygen atoms in total. The van der Waals surface area contributed by atoms with Crippen LogP contribution in [0.25, 0.3) is 44.3 Å². The van der Waals surface area contributed by atoms with Crippen molar-refractivity contribution in [2.75, 3.05) is 0 Å². The van der Waals surface area contributed by atoms with E-state index >= 15 is 0 Å². The van der Waals surface area contributed by atoms with Crippen LogP contribution in [0.4, 0.5) is 0 Å². The summed E-state index contributed by atoms with van der Waals surface area (Å²) < 4.78 is 2.16. The highest BCUT2D eigenvalue weighted by atomic mass is 14.9. The summed E-state index contributed by atoms with van der Waals surface area (Å²) in [4.78, 5) is 9.68. The summed E-state index contributed by atoms with van der Waals surface area (Å²) in [5.74, 6) is 0. The Morgan fingerprint density at radius 2 is 1.41 bits per heavy atom. The van der Waals surface area contributed by atoms with Crippen molar-refractivity contribution < 1.29 is 0 Å². The Balaban J connectivity index is 1.74. The van der Waals surface area contributed by atoms with Crippen molar-refractivity contribution in [3.8, 4) is 22.5 Å². The molecule has 5 aromatic rings. The van der Waals surface area contributed by atoms with E-state index in [1.807, 2.05) is 13.0 Å². The quantitative estimate of drug-likeness (QED) is 0.405. The third-order valence-electron chi connectivity index (χ3n) is 5.04. The van der Waals surface area contributed by atoms with E-state index in [1.54, 1.807) is 0 Å². The van der Waals surface area contributed by atoms with Crippen LogP contribution in [0.15, 0.2) is 79.0 Å². The van der Waals surface area contributed by atoms with Crippen LogP contribution < -0.4 is 0 Å². The summed E-state index contributed by atoms with van der Waals surface area (Å²) in [5, 5.41) is 2.35. The molecule has 0 saturated carbocycles. The highest BCUT2D eigenvalue weighted by Crippen LogP contribution is 2.32. The van der Waals surface area contributed by atoms with E-state index in [0.717, 1.165) is 39.1 Å². The first-order chi connectivity index (χ1) is 13.2. The Labute approximate surface area is 157 Å². The summed E-state index contributed by atoms with van der Waals surface area (Å²) in [6.45, 7) is 2.03. The molecule has 0 saturated heterocycles. The minimum absolute atomic E-state index is 0.974. The lowest BCUT2D eigenvalue weighted by molar-refractivity contribution is 0.969. The summed E-state index contributed by atoms with van der Waals surface area (Å²) in [6.07, 6.45) is 2.16. The molecule has 0 radical (unpaired) electrons. The van der Waals surface area contributed by atoms with Crippen LogP contribution in [0, 0.1) is 6.92 Å². The molecule has 0 bridgehead atoms. The second-order valence-corrected chi connectivity index (χ2v) is 6.91. The average Bonchev–Trinajstić information content (AvgIpc) is 3.04. The number of aryl methyl sites for hydroxylation is 2. The minimum atomic E-state index is 0.974. The number of nitrogens with zero attached hydrogens (tertiary/aromatic N) is 3. The first-order valence-electron chi connectivity index (χ1n) is 9.09. The fourth-order valence-corrected chi connectivity index (χ4v) is 3.80. The van der Waals surface area contributed by atoms with Gasteiger partial charge in [-0.15, -0.1) is 0 Å². The number of para-hydroxylation sites is 2. The van der Waals surface area contributed by atoms with E-state index in [-0.39, 0.29) is 0 Å². The van der Waals surface area contributed by atoms with Gasteiger partial charge in [-0.1, -0.05) is 42.5 Å². The van der Waals surface area contributed by atoms with Gasteiger partial charge < -0.3 is 4.57 Å². The van der Waals surface area contributed by atoms with Crippen molar-refractivity contribution in [2.24, 2.45) is 7.05 Å². The topological polar surface area (TPSA) is 30.7 Å². The highest BCUT2D eigenvalue weighted by molar-refractivity contribution is 5.97. The van der Waals surface area contributed by atoms with Crippen LogP contribution >= 0.6 is 0 Å². The molecule has 0 aliphatic carbocycles. The molecule has 0 unspecified atom stereocenters. The third kappa shape index (κ3) is 2.59. The fourth-order valence-electron chi connectivity index (χ4n) is 3.80. The number of rotatable bonds is 2. The van der Waals surface area contributed by atoms with Gasteiger partial charge in [0.15, 0.2) is 0 Å². The van der Waals surface area contributed by atoms with E-state index in [4.69, 9.17) is 4.98 Å². The van der Waals surface area contributed by atoms with Gasteiger partial charge in [-0.3, -0.25) is 4.98 Å². The standard InChI is InChI=1S/C24H19N3/c1-16-14-19(17-8-3-5-10-21(17)25-16)22-11-7-12-23(26-22)20-15-27(2)24-13-6-4-9-18(20)24/h3-15H,1-2H3. The summed E-state index contributed by atoms with van der Waals surface area (Å²) >= 11 is 0. The Kier molecular flexibility index (Phi) is 3.54. The first-order valence-corrected chi connectivity index (χ1v) is 9.09. The van der Waals surface area contributed by atoms with Crippen molar-refractivity contribution in [1.82, 2.24) is 14.5 Å². The van der Waals surface area contributed by atoms with Gasteiger partial charge in [-0.2, -0.15) is 0 Å². The zero-order valence-corrected chi connectivity index (χ0v) is 15.3. The number of pyridine rings is 2. The zero-order valence-electron chi connectivity index (χ0n) is 15.3. The zero-order chi connectivity index (χ0) is 18.4. The SMILES string of the molecule is Cc1cc(-c2cccc(-c3cn(C)c4ccccc34)n2)c2ccccc2n1. The maximum absolute atomic E-state index is 5.03. The Morgan fingerprint density at radius 1 is 0.704 bits per heavy atom. The second-order valence-electron chi connectivity index (χ2n) is 6.91. The van der Waals surface area contributed by atoms with Crippen molar-refractivity contribution in [1.29, 1.82) is 0 Å². The van der Waals surface area contributed by atoms with Crippen LogP contribution in [0.1, 0.15) is 5.69 Å². The summed E-state index contributed by atoms with van der Waals surface area (Å²) in [6, 6.07) is 25.1. The van der Waals surface area contributed by atoms with Gasteiger partial charge in [0, 0.05) is 46.4 Å². The van der Waals surface area contributed by atoms with E-state index in [1.165, 1.54) is 10.9 Å². The maximum atomic E-state index is 5.03. The molecule has 5 rings (SSSR count). The van der Waals surface area contributed by atoms with Crippen molar-refractivity contribution in [2.45, 2.75) is 6.92 Å². The lowest BCUT2D eigenvalue weighted by Crippen LogP contribution is -1.92. The number of hydrogen-bond acceptors (Lipinski definition) is 2. The van der Waals surface area contributed by atoms with Gasteiger partial charge in [0.1, 0.15) is 0 Å². The summed E-state index contributed by atoms with van der Waals surface area (Å²) in [7, 11) is 2.08. The number of hydrogen-bond donors (Lipinski definition) is 0. The lowest BCUT2D eigenvalue weighted by atomic mass is 10.0. The van der Waals surface area contributed by atoms with Crippen molar-refractivity contribution in [3.63, 3.8) is 0 Å². The lowest BCUT2D eigenvalue weighted by Gasteiger charge is -2.09. The Hall–Kier alpha value is -3.46. The normalized spacial score (nSPS) is 11.3. The minimum Gasteiger partial charge on any atom is -0.350 e. The number of fused-ring (bicyclic) bond motifs is 2. The van der Waals surface area contributed by atoms with Crippen LogP contribution in [0.3, 0.4) is 0 Å². The van der Waals surface area contributed by atoms with Gasteiger partial charge in [-0.25, -0.2) is 4.98 Å². The van der Waals surface area contributed by atoms with Gasteiger partial charge in [-0.05, 0) is 37.3 Å². The second kappa shape index (κ2) is 6.06. The van der Waals surface area contributed by atoms with Gasteiger partial charge >= 0.3 is 0 Å². The average molecular weight is 349 g/mol. The molecule has 3 heteroatoms. The van der Waals surface area contributed by atoms with Crippen LogP contribution in [0.5, 0.6) is 0 Å². The van der Waals surface area contributed by atoms with E-state index in [2.05, 4.69) is 89.5 Å². The van der Waals surface area contributed by atoms with Crippen LogP contribution in [0.2, 0.25) is 0 Å². The monoisotopic (exact) mass is 349 g/mol. The maximum Gasteiger partial charge on any atom is 0.0731 e. The molecule has 0 amide bonds. The predicted octanol–water partition coefficient (Wildman–Crippen LogP) is 5.76. The van der Waals surface area contributed by atoms with Crippen LogP contribution in [-0.4, -0.2) is 14.5 Å². The molecule has 0 N–H and O–H groups in total. The molecule has 2 aromatic carbocycles. The van der Waals surface area contributed by atoms with Gasteiger partial charge in [0.05, 0.1) is 16.9 Å². The molecule has 27 heavy (non-hydrogen) atoms. The van der Waals surface area contributed by atoms with E-state index < -0.39 is 0 Å². The van der Waals surface area contributed by atoms with Crippen molar-refractivity contribution >= 4 is 21.8 Å². The Morgan fingerprint density at radius 3 is 2.26 bits per heavy atom. The molecule has 3 aromatic heterocycles. The molecule has 0 fully saturated rings. The molecule has 0 aliphatic heterocycles. The van der Waals surface area contributed by atoms with Gasteiger partial charge in [0.25, 0.3) is 0 Å². The van der Waals surface area contributed by atoms with Crippen LogP contribution in [-0.2, 0) is 7.05 Å². The van der Waals surface area contributed by atoms with Gasteiger partial charge in [0.2, 0.25) is 0 Å². The molecule has 130 valence electrons. The Bertz CT molecular complexity index is 1300. The molecular formula is C24H19N3. The smallest absolute Gasteiger partial charge is 0.0731 e. The third-order valence-corrected chi connectivity index (χ3v) is 5.04. The highest BCUT2D eigenvalue weighted by Gasteiger charge is 2.12. The largest absolute Gasteiger partial charge is 0.350 e. The molecule has 3 heterocycles. The first kappa shape index (κ1) is 15.8. The number of aromatic nitrogens is 3.